The number of hydrogen-bond donors (Lipinski definition) is 2. The Labute approximate surface area is 142 Å². The van der Waals surface area contributed by atoms with Gasteiger partial charge in [-0.3, -0.25) is 9.59 Å². The number of primary amides is 1. The highest BCUT2D eigenvalue weighted by molar-refractivity contribution is 5.80. The van der Waals surface area contributed by atoms with Crippen LogP contribution in [0.3, 0.4) is 0 Å². The van der Waals surface area contributed by atoms with Crippen LogP contribution in [0.15, 0.2) is 18.2 Å². The van der Waals surface area contributed by atoms with E-state index in [9.17, 15) is 9.59 Å². The van der Waals surface area contributed by atoms with Gasteiger partial charge in [-0.15, -0.1) is 0 Å². The molecule has 3 N–H and O–H groups in total. The van der Waals surface area contributed by atoms with Crippen molar-refractivity contribution < 1.29 is 19.1 Å². The van der Waals surface area contributed by atoms with Gasteiger partial charge in [0.25, 0.3) is 0 Å². The van der Waals surface area contributed by atoms with Gasteiger partial charge in [0.1, 0.15) is 11.5 Å². The molecule has 0 unspecified atom stereocenters. The number of hydrogen-bond acceptors (Lipinski definition) is 4. The van der Waals surface area contributed by atoms with E-state index in [1.165, 1.54) is 0 Å². The fourth-order valence-electron chi connectivity index (χ4n) is 3.19. The van der Waals surface area contributed by atoms with Crippen molar-refractivity contribution in [1.29, 1.82) is 0 Å². The summed E-state index contributed by atoms with van der Waals surface area (Å²) in [5.74, 6) is 0.767. The summed E-state index contributed by atoms with van der Waals surface area (Å²) >= 11 is 0. The average molecular weight is 334 g/mol. The summed E-state index contributed by atoms with van der Waals surface area (Å²) in [6, 6.07) is 5.44. The maximum absolute atomic E-state index is 12.2. The number of carbonyl (C=O) groups excluding carboxylic acids is 2. The van der Waals surface area contributed by atoms with Crippen molar-refractivity contribution in [3.63, 3.8) is 0 Å². The molecule has 2 rings (SSSR count). The second-order valence-electron chi connectivity index (χ2n) is 6.19. The summed E-state index contributed by atoms with van der Waals surface area (Å²) in [6.07, 6.45) is 4.50. The zero-order valence-corrected chi connectivity index (χ0v) is 14.3. The molecule has 0 aromatic heterocycles. The number of nitrogens with one attached hydrogen (secondary N) is 1. The molecule has 0 spiro atoms. The lowest BCUT2D eigenvalue weighted by Crippen LogP contribution is -2.47. The molecule has 1 aliphatic rings. The summed E-state index contributed by atoms with van der Waals surface area (Å²) in [7, 11) is 3.19. The topological polar surface area (TPSA) is 90.6 Å². The highest BCUT2D eigenvalue weighted by Gasteiger charge is 2.30. The van der Waals surface area contributed by atoms with Crippen LogP contribution < -0.4 is 20.5 Å². The fraction of sp³-hybridized carbons (Fsp3) is 0.556. The minimum atomic E-state index is -0.322. The lowest BCUT2D eigenvalue weighted by Gasteiger charge is -2.30. The van der Waals surface area contributed by atoms with Gasteiger partial charge >= 0.3 is 0 Å². The zero-order chi connectivity index (χ0) is 17.5. The maximum Gasteiger partial charge on any atom is 0.222 e. The van der Waals surface area contributed by atoms with E-state index >= 15 is 0 Å². The fourth-order valence-corrected chi connectivity index (χ4v) is 3.19. The molecule has 1 aromatic carbocycles. The van der Waals surface area contributed by atoms with Crippen molar-refractivity contribution in [3.8, 4) is 11.5 Å². The summed E-state index contributed by atoms with van der Waals surface area (Å²) in [5, 5.41) is 2.98. The first-order chi connectivity index (χ1) is 11.5. The normalized spacial score (nSPS) is 20.2. The van der Waals surface area contributed by atoms with Gasteiger partial charge in [-0.25, -0.2) is 0 Å². The third-order valence-corrected chi connectivity index (χ3v) is 4.53. The van der Waals surface area contributed by atoms with Gasteiger partial charge in [0.05, 0.1) is 20.1 Å². The molecule has 2 amide bonds. The molecule has 1 saturated carbocycles. The molecule has 6 nitrogen and oxygen atoms in total. The van der Waals surface area contributed by atoms with Crippen molar-refractivity contribution in [3.05, 3.63) is 23.8 Å². The molecular formula is C18H26N2O4. The Morgan fingerprint density at radius 3 is 2.33 bits per heavy atom. The Morgan fingerprint density at radius 1 is 1.12 bits per heavy atom. The van der Waals surface area contributed by atoms with Crippen LogP contribution >= 0.6 is 0 Å². The molecular weight excluding hydrogens is 308 g/mol. The molecule has 2 atom stereocenters. The molecule has 24 heavy (non-hydrogen) atoms. The summed E-state index contributed by atoms with van der Waals surface area (Å²) in [6.45, 7) is 0. The first-order valence-corrected chi connectivity index (χ1v) is 8.34. The van der Waals surface area contributed by atoms with Crippen LogP contribution in [0.4, 0.5) is 0 Å². The van der Waals surface area contributed by atoms with Crippen molar-refractivity contribution in [2.75, 3.05) is 14.2 Å². The van der Waals surface area contributed by atoms with Crippen LogP contribution in [0.25, 0.3) is 0 Å². The van der Waals surface area contributed by atoms with Gasteiger partial charge in [-0.2, -0.15) is 0 Å². The molecule has 0 bridgehead atoms. The predicted octanol–water partition coefficient (Wildman–Crippen LogP) is 1.80. The first kappa shape index (κ1) is 18.1. The number of methoxy groups -OCH3 is 2. The summed E-state index contributed by atoms with van der Waals surface area (Å²) < 4.78 is 10.5. The van der Waals surface area contributed by atoms with Gasteiger partial charge in [0.15, 0.2) is 0 Å². The molecule has 0 radical (unpaired) electrons. The van der Waals surface area contributed by atoms with Gasteiger partial charge in [0.2, 0.25) is 11.8 Å². The number of benzene rings is 1. The Hall–Kier alpha value is -2.24. The smallest absolute Gasteiger partial charge is 0.222 e. The van der Waals surface area contributed by atoms with E-state index in [1.807, 2.05) is 12.1 Å². The van der Waals surface area contributed by atoms with E-state index < -0.39 is 0 Å². The van der Waals surface area contributed by atoms with E-state index in [2.05, 4.69) is 5.32 Å². The largest absolute Gasteiger partial charge is 0.497 e. The molecule has 1 fully saturated rings. The average Bonchev–Trinajstić information content (AvgIpc) is 2.59. The van der Waals surface area contributed by atoms with E-state index in [0.717, 1.165) is 31.2 Å². The van der Waals surface area contributed by atoms with Crippen molar-refractivity contribution in [2.45, 2.75) is 44.6 Å². The molecule has 6 heteroatoms. The molecule has 0 aliphatic heterocycles. The van der Waals surface area contributed by atoms with Crippen molar-refractivity contribution >= 4 is 11.8 Å². The minimum Gasteiger partial charge on any atom is -0.497 e. The third kappa shape index (κ3) is 4.88. The van der Waals surface area contributed by atoms with E-state index in [4.69, 9.17) is 15.2 Å². The minimum absolute atomic E-state index is 0.0602. The van der Waals surface area contributed by atoms with E-state index in [-0.39, 0.29) is 23.8 Å². The van der Waals surface area contributed by atoms with Crippen LogP contribution in [0.2, 0.25) is 0 Å². The Balaban J connectivity index is 1.92. The van der Waals surface area contributed by atoms with Gasteiger partial charge < -0.3 is 20.5 Å². The van der Waals surface area contributed by atoms with Crippen molar-refractivity contribution in [1.82, 2.24) is 5.32 Å². The predicted molar refractivity (Wildman–Crippen MR) is 91.0 cm³/mol. The molecule has 0 saturated heterocycles. The van der Waals surface area contributed by atoms with Crippen LogP contribution in [0.1, 0.15) is 37.7 Å². The Morgan fingerprint density at radius 2 is 1.75 bits per heavy atom. The zero-order valence-electron chi connectivity index (χ0n) is 14.3. The SMILES string of the molecule is COc1cc(CCC(=O)N[C@H]2CCCC[C@@H]2C(N)=O)cc(OC)c1. The van der Waals surface area contributed by atoms with E-state index in [1.54, 1.807) is 20.3 Å². The lowest BCUT2D eigenvalue weighted by molar-refractivity contribution is -0.126. The Bertz CT molecular complexity index is 566. The van der Waals surface area contributed by atoms with Gasteiger partial charge in [-0.1, -0.05) is 12.8 Å². The van der Waals surface area contributed by atoms with Gasteiger partial charge in [-0.05, 0) is 37.0 Å². The first-order valence-electron chi connectivity index (χ1n) is 8.34. The number of ether oxygens (including phenoxy) is 2. The monoisotopic (exact) mass is 334 g/mol. The van der Waals surface area contributed by atoms with Crippen LogP contribution in [0.5, 0.6) is 11.5 Å². The highest BCUT2D eigenvalue weighted by atomic mass is 16.5. The van der Waals surface area contributed by atoms with Crippen LogP contribution in [0, 0.1) is 5.92 Å². The standard InChI is InChI=1S/C18H26N2O4/c1-23-13-9-12(10-14(11-13)24-2)7-8-17(21)20-16-6-4-3-5-15(16)18(19)22/h9-11,15-16H,3-8H2,1-2H3,(H2,19,22)(H,20,21)/t15-,16-/m0/s1. The highest BCUT2D eigenvalue weighted by Crippen LogP contribution is 2.25. The number of carbonyl (C=O) groups is 2. The molecule has 132 valence electrons. The second-order valence-corrected chi connectivity index (χ2v) is 6.19. The van der Waals surface area contributed by atoms with Crippen LogP contribution in [-0.2, 0) is 16.0 Å². The second kappa shape index (κ2) is 8.57. The summed E-state index contributed by atoms with van der Waals surface area (Å²) in [5.41, 5.74) is 6.41. The summed E-state index contributed by atoms with van der Waals surface area (Å²) in [4.78, 5) is 23.7. The van der Waals surface area contributed by atoms with Gasteiger partial charge in [0, 0.05) is 18.5 Å². The number of aryl methyl sites for hydroxylation is 1. The van der Waals surface area contributed by atoms with Crippen molar-refractivity contribution in [2.24, 2.45) is 11.7 Å². The lowest BCUT2D eigenvalue weighted by atomic mass is 9.84. The molecule has 1 aliphatic carbocycles. The molecule has 0 heterocycles. The maximum atomic E-state index is 12.2. The van der Waals surface area contributed by atoms with Crippen LogP contribution in [-0.4, -0.2) is 32.1 Å². The quantitative estimate of drug-likeness (QED) is 0.795. The van der Waals surface area contributed by atoms with E-state index in [0.29, 0.717) is 24.3 Å². The third-order valence-electron chi connectivity index (χ3n) is 4.53. The number of amides is 2. The number of nitrogens with two attached hydrogens (primary N) is 1. The number of rotatable bonds is 7. The Kier molecular flexibility index (Phi) is 6.46. The molecule has 1 aromatic rings.